The monoisotopic (exact) mass is 344 g/mol. The molecule has 0 N–H and O–H groups in total. The number of pyridine rings is 2. The first-order valence-electron chi connectivity index (χ1n) is 6.05. The summed E-state index contributed by atoms with van der Waals surface area (Å²) < 4.78 is 0.866. The maximum atomic E-state index is 6.24. The summed E-state index contributed by atoms with van der Waals surface area (Å²) >= 11 is 9.72. The van der Waals surface area contributed by atoms with Gasteiger partial charge in [-0.2, -0.15) is 0 Å². The van der Waals surface area contributed by atoms with Gasteiger partial charge in [0.2, 0.25) is 0 Å². The summed E-state index contributed by atoms with van der Waals surface area (Å²) in [6.07, 6.45) is 7.20. The Bertz CT molecular complexity index is 666. The molecular formula is C16H10BrClN2. The third kappa shape index (κ3) is 2.60. The molecule has 0 fully saturated rings. The van der Waals surface area contributed by atoms with Crippen molar-refractivity contribution in [3.8, 4) is 22.3 Å². The summed E-state index contributed by atoms with van der Waals surface area (Å²) in [5.74, 6) is 0. The van der Waals surface area contributed by atoms with Crippen LogP contribution in [0.15, 0.2) is 65.7 Å². The van der Waals surface area contributed by atoms with Gasteiger partial charge < -0.3 is 0 Å². The van der Waals surface area contributed by atoms with E-state index in [2.05, 4.69) is 25.9 Å². The molecule has 2 heterocycles. The fraction of sp³-hybridized carbons (Fsp3) is 0. The molecule has 1 aromatic carbocycles. The summed E-state index contributed by atoms with van der Waals surface area (Å²) in [6, 6.07) is 11.9. The van der Waals surface area contributed by atoms with Gasteiger partial charge in [-0.25, -0.2) is 0 Å². The Balaban J connectivity index is 2.26. The minimum Gasteiger partial charge on any atom is -0.264 e. The largest absolute Gasteiger partial charge is 0.264 e. The standard InChI is InChI=1S/C16H10BrClN2/c17-15-7-13(11-3-1-5-19-9-11)14(8-16(15)18)12-4-2-6-20-10-12/h1-10H. The number of hydrogen-bond acceptors (Lipinski definition) is 2. The first-order chi connectivity index (χ1) is 9.75. The number of hydrogen-bond donors (Lipinski definition) is 0. The fourth-order valence-electron chi connectivity index (χ4n) is 2.07. The molecule has 3 rings (SSSR count). The quantitative estimate of drug-likeness (QED) is 0.636. The van der Waals surface area contributed by atoms with Crippen molar-refractivity contribution in [3.05, 3.63) is 70.7 Å². The smallest absolute Gasteiger partial charge is 0.0554 e. The molecular weight excluding hydrogens is 336 g/mol. The van der Waals surface area contributed by atoms with Crippen molar-refractivity contribution in [1.82, 2.24) is 9.97 Å². The number of rotatable bonds is 2. The maximum Gasteiger partial charge on any atom is 0.0554 e. The Hall–Kier alpha value is -1.71. The molecule has 0 aliphatic heterocycles. The lowest BCUT2D eigenvalue weighted by molar-refractivity contribution is 1.32. The van der Waals surface area contributed by atoms with Crippen molar-refractivity contribution >= 4 is 27.5 Å². The fourth-order valence-corrected chi connectivity index (χ4v) is 2.58. The maximum absolute atomic E-state index is 6.24. The van der Waals surface area contributed by atoms with Crippen LogP contribution in [0, 0.1) is 0 Å². The molecule has 0 amide bonds. The number of aromatic nitrogens is 2. The molecule has 4 heteroatoms. The molecule has 0 unspecified atom stereocenters. The molecule has 2 aromatic heterocycles. The zero-order valence-electron chi connectivity index (χ0n) is 10.4. The number of halogens is 2. The molecule has 0 radical (unpaired) electrons. The molecule has 2 nitrogen and oxygen atoms in total. The number of nitrogens with zero attached hydrogens (tertiary/aromatic N) is 2. The van der Waals surface area contributed by atoms with Crippen LogP contribution in [0.25, 0.3) is 22.3 Å². The van der Waals surface area contributed by atoms with Crippen molar-refractivity contribution in [3.63, 3.8) is 0 Å². The Labute approximate surface area is 130 Å². The number of benzene rings is 1. The lowest BCUT2D eigenvalue weighted by atomic mass is 9.96. The molecule has 0 spiro atoms. The predicted molar refractivity (Wildman–Crippen MR) is 85.6 cm³/mol. The van der Waals surface area contributed by atoms with Crippen molar-refractivity contribution in [2.45, 2.75) is 0 Å². The van der Waals surface area contributed by atoms with E-state index in [4.69, 9.17) is 11.6 Å². The van der Waals surface area contributed by atoms with E-state index in [1.807, 2.05) is 48.8 Å². The average Bonchev–Trinajstić information content (AvgIpc) is 2.51. The summed E-state index contributed by atoms with van der Waals surface area (Å²) in [6.45, 7) is 0. The molecule has 0 atom stereocenters. The summed E-state index contributed by atoms with van der Waals surface area (Å²) in [7, 11) is 0. The summed E-state index contributed by atoms with van der Waals surface area (Å²) in [4.78, 5) is 8.36. The van der Waals surface area contributed by atoms with Crippen LogP contribution in [-0.2, 0) is 0 Å². The highest BCUT2D eigenvalue weighted by Crippen LogP contribution is 2.37. The molecule has 98 valence electrons. The average molecular weight is 346 g/mol. The molecule has 20 heavy (non-hydrogen) atoms. The van der Waals surface area contributed by atoms with Gasteiger partial charge in [-0.05, 0) is 51.3 Å². The second-order valence-electron chi connectivity index (χ2n) is 4.30. The molecule has 3 aromatic rings. The Morgan fingerprint density at radius 2 is 1.40 bits per heavy atom. The first-order valence-corrected chi connectivity index (χ1v) is 7.22. The first kappa shape index (κ1) is 13.3. The molecule has 0 saturated heterocycles. The van der Waals surface area contributed by atoms with Crippen LogP contribution < -0.4 is 0 Å². The zero-order valence-corrected chi connectivity index (χ0v) is 12.8. The van der Waals surface area contributed by atoms with E-state index >= 15 is 0 Å². The second kappa shape index (κ2) is 5.73. The lowest BCUT2D eigenvalue weighted by Gasteiger charge is -2.11. The SMILES string of the molecule is Clc1cc(-c2cccnc2)c(-c2cccnc2)cc1Br. The highest BCUT2D eigenvalue weighted by atomic mass is 79.9. The van der Waals surface area contributed by atoms with Gasteiger partial charge in [-0.3, -0.25) is 9.97 Å². The van der Waals surface area contributed by atoms with Crippen molar-refractivity contribution < 1.29 is 0 Å². The minimum absolute atomic E-state index is 0.677. The van der Waals surface area contributed by atoms with Crippen LogP contribution in [0.2, 0.25) is 5.02 Å². The molecule has 0 aliphatic carbocycles. The predicted octanol–water partition coefficient (Wildman–Crippen LogP) is 5.23. The lowest BCUT2D eigenvalue weighted by Crippen LogP contribution is -1.88. The van der Waals surface area contributed by atoms with Crippen LogP contribution in [0.3, 0.4) is 0 Å². The van der Waals surface area contributed by atoms with Gasteiger partial charge in [0, 0.05) is 40.4 Å². The van der Waals surface area contributed by atoms with E-state index in [1.165, 1.54) is 0 Å². The Morgan fingerprint density at radius 1 is 0.850 bits per heavy atom. The zero-order chi connectivity index (χ0) is 13.9. The van der Waals surface area contributed by atoms with Crippen molar-refractivity contribution in [2.75, 3.05) is 0 Å². The Morgan fingerprint density at radius 3 is 1.90 bits per heavy atom. The van der Waals surface area contributed by atoms with Crippen LogP contribution >= 0.6 is 27.5 Å². The normalized spacial score (nSPS) is 10.5. The highest BCUT2D eigenvalue weighted by molar-refractivity contribution is 9.10. The van der Waals surface area contributed by atoms with Gasteiger partial charge in [0.1, 0.15) is 0 Å². The van der Waals surface area contributed by atoms with Crippen LogP contribution in [0.1, 0.15) is 0 Å². The third-order valence-electron chi connectivity index (χ3n) is 3.01. The minimum atomic E-state index is 0.677. The van der Waals surface area contributed by atoms with Gasteiger partial charge in [-0.1, -0.05) is 23.7 Å². The van der Waals surface area contributed by atoms with Crippen LogP contribution in [-0.4, -0.2) is 9.97 Å². The summed E-state index contributed by atoms with van der Waals surface area (Å²) in [5.41, 5.74) is 4.19. The van der Waals surface area contributed by atoms with E-state index in [0.29, 0.717) is 5.02 Å². The van der Waals surface area contributed by atoms with Crippen LogP contribution in [0.4, 0.5) is 0 Å². The van der Waals surface area contributed by atoms with Crippen molar-refractivity contribution in [1.29, 1.82) is 0 Å². The van der Waals surface area contributed by atoms with Gasteiger partial charge >= 0.3 is 0 Å². The van der Waals surface area contributed by atoms with Gasteiger partial charge in [-0.15, -0.1) is 0 Å². The third-order valence-corrected chi connectivity index (χ3v) is 4.20. The highest BCUT2D eigenvalue weighted by Gasteiger charge is 2.11. The van der Waals surface area contributed by atoms with Crippen molar-refractivity contribution in [2.24, 2.45) is 0 Å². The molecule has 0 bridgehead atoms. The van der Waals surface area contributed by atoms with E-state index in [0.717, 1.165) is 26.7 Å². The second-order valence-corrected chi connectivity index (χ2v) is 5.56. The van der Waals surface area contributed by atoms with E-state index in [1.54, 1.807) is 12.4 Å². The van der Waals surface area contributed by atoms with Gasteiger partial charge in [0.25, 0.3) is 0 Å². The summed E-state index contributed by atoms with van der Waals surface area (Å²) in [5, 5.41) is 0.677. The van der Waals surface area contributed by atoms with Crippen LogP contribution in [0.5, 0.6) is 0 Å². The van der Waals surface area contributed by atoms with E-state index in [-0.39, 0.29) is 0 Å². The Kier molecular flexibility index (Phi) is 3.81. The van der Waals surface area contributed by atoms with E-state index in [9.17, 15) is 0 Å². The molecule has 0 saturated carbocycles. The molecule has 0 aliphatic rings. The van der Waals surface area contributed by atoms with Gasteiger partial charge in [0.05, 0.1) is 5.02 Å². The van der Waals surface area contributed by atoms with Gasteiger partial charge in [0.15, 0.2) is 0 Å². The van der Waals surface area contributed by atoms with E-state index < -0.39 is 0 Å². The topological polar surface area (TPSA) is 25.8 Å².